The molecule has 0 aliphatic carbocycles. The van der Waals surface area contributed by atoms with Gasteiger partial charge in [-0.2, -0.15) is 0 Å². The Hall–Kier alpha value is -7.62. The summed E-state index contributed by atoms with van der Waals surface area (Å²) in [5.41, 5.74) is 12.6. The van der Waals surface area contributed by atoms with Gasteiger partial charge >= 0.3 is 0 Å². The average Bonchev–Trinajstić information content (AvgIpc) is 3.82. The van der Waals surface area contributed by atoms with E-state index in [-0.39, 0.29) is 5.41 Å². The molecule has 3 heterocycles. The summed E-state index contributed by atoms with van der Waals surface area (Å²) < 4.78 is 8.90. The number of rotatable bonds is 7. The summed E-state index contributed by atoms with van der Waals surface area (Å²) in [7, 11) is 0. The third kappa shape index (κ3) is 6.53. The van der Waals surface area contributed by atoms with Crippen molar-refractivity contribution in [3.05, 3.63) is 199 Å². The van der Waals surface area contributed by atoms with Crippen LogP contribution in [-0.4, -0.2) is 16.2 Å². The van der Waals surface area contributed by atoms with Gasteiger partial charge in [-0.05, 0) is 111 Å². The van der Waals surface area contributed by atoms with Crippen molar-refractivity contribution in [1.82, 2.24) is 9.55 Å². The van der Waals surface area contributed by atoms with E-state index in [1.54, 1.807) is 0 Å². The molecule has 0 spiro atoms. The highest BCUT2D eigenvalue weighted by molar-refractivity contribution is 6.11. The minimum atomic E-state index is -0.0444. The van der Waals surface area contributed by atoms with Crippen molar-refractivity contribution >= 4 is 50.2 Å². The van der Waals surface area contributed by atoms with Crippen LogP contribution in [0.1, 0.15) is 26.3 Å². The first-order chi connectivity index (χ1) is 28.8. The van der Waals surface area contributed by atoms with E-state index in [1.807, 2.05) is 42.6 Å². The van der Waals surface area contributed by atoms with Crippen LogP contribution < -0.4 is 14.5 Å². The summed E-state index contributed by atoms with van der Waals surface area (Å²) in [5.74, 6) is 1.97. The van der Waals surface area contributed by atoms with E-state index in [2.05, 4.69) is 180 Å². The predicted molar refractivity (Wildman–Crippen MR) is 243 cm³/mol. The highest BCUT2D eigenvalue weighted by atomic mass is 16.5. The van der Waals surface area contributed by atoms with Crippen LogP contribution in [0.25, 0.3) is 54.7 Å². The molecule has 7 aromatic carbocycles. The molecule has 0 radical (unpaired) electrons. The SMILES string of the molecule is [C-]#[N+]c1cc2c3ccccc3n(-c3cc(C(C)(C)C)ccn3)c2cc1Oc1cccc(N2CN(c3cc(-c4ccccc4)cc(-c4ccccc4)c3)c3ccccc32)c1. The largest absolute Gasteiger partial charge is 0.468 e. The molecule has 0 atom stereocenters. The number of fused-ring (bicyclic) bond motifs is 4. The summed E-state index contributed by atoms with van der Waals surface area (Å²) in [5, 5.41) is 2.04. The lowest BCUT2D eigenvalue weighted by atomic mass is 9.88. The van der Waals surface area contributed by atoms with E-state index >= 15 is 0 Å². The van der Waals surface area contributed by atoms with Gasteiger partial charge in [0, 0.05) is 29.0 Å². The normalized spacial score (nSPS) is 12.5. The van der Waals surface area contributed by atoms with E-state index in [0.29, 0.717) is 23.9 Å². The average molecular weight is 764 g/mol. The van der Waals surface area contributed by atoms with Gasteiger partial charge in [-0.15, -0.1) is 0 Å². The topological polar surface area (TPSA) is 37.9 Å². The second-order valence-corrected chi connectivity index (χ2v) is 16.0. The Labute approximate surface area is 344 Å². The quantitative estimate of drug-likeness (QED) is 0.152. The molecular formula is C53H41N5O. The van der Waals surface area contributed by atoms with Crippen molar-refractivity contribution in [2.75, 3.05) is 16.5 Å². The number of ether oxygens (including phenoxy) is 1. The van der Waals surface area contributed by atoms with Crippen LogP contribution in [0, 0.1) is 6.57 Å². The first-order valence-electron chi connectivity index (χ1n) is 19.9. The predicted octanol–water partition coefficient (Wildman–Crippen LogP) is 14.4. The van der Waals surface area contributed by atoms with Gasteiger partial charge in [-0.25, -0.2) is 9.83 Å². The molecule has 59 heavy (non-hydrogen) atoms. The van der Waals surface area contributed by atoms with E-state index < -0.39 is 0 Å². The molecule has 0 saturated carbocycles. The van der Waals surface area contributed by atoms with Crippen molar-refractivity contribution in [3.8, 4) is 39.6 Å². The molecule has 284 valence electrons. The standard InChI is InChI=1S/C53H41N5O/c1-53(2,3)40-26-27-55-52(31-40)58-47-23-12-11-22-44(47)45-33-46(54-4)51(34-50(45)58)59-43-21-15-20-41(32-43)56-35-57(49-25-14-13-24-48(49)56)42-29-38(36-16-7-5-8-17-36)28-39(30-42)37-18-9-6-10-19-37/h5-34H,35H2,1-3H3. The zero-order valence-corrected chi connectivity index (χ0v) is 33.2. The third-order valence-electron chi connectivity index (χ3n) is 11.3. The number of hydrogen-bond acceptors (Lipinski definition) is 4. The molecule has 6 nitrogen and oxygen atoms in total. The Bertz CT molecular complexity index is 3010. The smallest absolute Gasteiger partial charge is 0.229 e. The van der Waals surface area contributed by atoms with Crippen LogP contribution in [-0.2, 0) is 5.41 Å². The molecule has 0 fully saturated rings. The maximum atomic E-state index is 8.22. The summed E-state index contributed by atoms with van der Waals surface area (Å²) >= 11 is 0. The Balaban J connectivity index is 1.03. The number of anilines is 4. The molecule has 6 heteroatoms. The molecule has 10 rings (SSSR count). The van der Waals surface area contributed by atoms with Gasteiger partial charge in [0.05, 0.1) is 29.0 Å². The van der Waals surface area contributed by atoms with Crippen LogP contribution in [0.5, 0.6) is 11.5 Å². The Morgan fingerprint density at radius 3 is 1.88 bits per heavy atom. The van der Waals surface area contributed by atoms with Crippen molar-refractivity contribution < 1.29 is 4.74 Å². The molecule has 0 unspecified atom stereocenters. The van der Waals surface area contributed by atoms with Crippen molar-refractivity contribution in [3.63, 3.8) is 0 Å². The lowest BCUT2D eigenvalue weighted by Crippen LogP contribution is -2.24. The van der Waals surface area contributed by atoms with E-state index in [0.717, 1.165) is 61.5 Å². The zero-order valence-electron chi connectivity index (χ0n) is 33.2. The van der Waals surface area contributed by atoms with Crippen molar-refractivity contribution in [2.24, 2.45) is 0 Å². The molecule has 0 saturated heterocycles. The molecule has 2 aromatic heterocycles. The van der Waals surface area contributed by atoms with Crippen molar-refractivity contribution in [1.29, 1.82) is 0 Å². The van der Waals surface area contributed by atoms with E-state index in [1.165, 1.54) is 16.7 Å². The fourth-order valence-electron chi connectivity index (χ4n) is 8.27. The van der Waals surface area contributed by atoms with Gasteiger partial charge in [0.2, 0.25) is 5.69 Å². The van der Waals surface area contributed by atoms with Gasteiger partial charge in [-0.3, -0.25) is 4.57 Å². The minimum Gasteiger partial charge on any atom is -0.468 e. The van der Waals surface area contributed by atoms with Crippen LogP contribution in [0.15, 0.2) is 182 Å². The van der Waals surface area contributed by atoms with Crippen LogP contribution in [0.3, 0.4) is 0 Å². The van der Waals surface area contributed by atoms with Crippen molar-refractivity contribution in [2.45, 2.75) is 26.2 Å². The number of pyridine rings is 1. The van der Waals surface area contributed by atoms with Gasteiger partial charge in [-0.1, -0.05) is 118 Å². The number of hydrogen-bond donors (Lipinski definition) is 0. The van der Waals surface area contributed by atoms with E-state index in [9.17, 15) is 0 Å². The highest BCUT2D eigenvalue weighted by Gasteiger charge is 2.29. The zero-order chi connectivity index (χ0) is 40.1. The Kier molecular flexibility index (Phi) is 8.73. The van der Waals surface area contributed by atoms with Crippen LogP contribution in [0.4, 0.5) is 28.4 Å². The van der Waals surface area contributed by atoms with E-state index in [4.69, 9.17) is 16.3 Å². The fourth-order valence-corrected chi connectivity index (χ4v) is 8.27. The molecule has 9 aromatic rings. The van der Waals surface area contributed by atoms with Crippen LogP contribution >= 0.6 is 0 Å². The summed E-state index contributed by atoms with van der Waals surface area (Å²) in [6, 6.07) is 61.2. The Morgan fingerprint density at radius 1 is 0.559 bits per heavy atom. The number of para-hydroxylation sites is 3. The first kappa shape index (κ1) is 35.8. The molecule has 0 N–H and O–H groups in total. The molecule has 0 amide bonds. The molecule has 1 aliphatic rings. The number of aromatic nitrogens is 2. The summed E-state index contributed by atoms with van der Waals surface area (Å²) in [6.45, 7) is 15.5. The van der Waals surface area contributed by atoms with Crippen LogP contribution in [0.2, 0.25) is 0 Å². The lowest BCUT2D eigenvalue weighted by molar-refractivity contribution is 0.486. The number of nitrogens with zero attached hydrogens (tertiary/aromatic N) is 5. The van der Waals surface area contributed by atoms with Gasteiger partial charge in [0.15, 0.2) is 0 Å². The second-order valence-electron chi connectivity index (χ2n) is 16.0. The maximum absolute atomic E-state index is 8.22. The lowest BCUT2D eigenvalue weighted by Gasteiger charge is -2.24. The molecular weight excluding hydrogens is 723 g/mol. The minimum absolute atomic E-state index is 0.0444. The highest BCUT2D eigenvalue weighted by Crippen LogP contribution is 2.47. The Morgan fingerprint density at radius 2 is 1.20 bits per heavy atom. The monoisotopic (exact) mass is 763 g/mol. The van der Waals surface area contributed by atoms with Gasteiger partial charge in [0.1, 0.15) is 24.0 Å². The first-order valence-corrected chi connectivity index (χ1v) is 19.9. The van der Waals surface area contributed by atoms with Gasteiger partial charge in [0.25, 0.3) is 0 Å². The van der Waals surface area contributed by atoms with Gasteiger partial charge < -0.3 is 14.5 Å². The fraction of sp³-hybridized carbons (Fsp3) is 0.0943. The third-order valence-corrected chi connectivity index (χ3v) is 11.3. The number of benzene rings is 7. The summed E-state index contributed by atoms with van der Waals surface area (Å²) in [4.78, 5) is 13.5. The molecule has 1 aliphatic heterocycles. The second kappa shape index (κ2) is 14.4. The maximum Gasteiger partial charge on any atom is 0.229 e. The summed E-state index contributed by atoms with van der Waals surface area (Å²) in [6.07, 6.45) is 1.88. The molecule has 0 bridgehead atoms.